The summed E-state index contributed by atoms with van der Waals surface area (Å²) in [4.78, 5) is 2.15. The van der Waals surface area contributed by atoms with Crippen molar-refractivity contribution in [3.63, 3.8) is 0 Å². The molecule has 0 unspecified atom stereocenters. The molecule has 0 atom stereocenters. The lowest BCUT2D eigenvalue weighted by atomic mass is 10.2. The van der Waals surface area contributed by atoms with Crippen molar-refractivity contribution in [1.29, 1.82) is 0 Å². The molecule has 1 aromatic heterocycles. The zero-order chi connectivity index (χ0) is 19.2. The summed E-state index contributed by atoms with van der Waals surface area (Å²) in [6.45, 7) is 2.27. The Labute approximate surface area is 172 Å². The molecule has 28 heavy (non-hydrogen) atoms. The molecule has 0 bridgehead atoms. The van der Waals surface area contributed by atoms with Gasteiger partial charge in [0.05, 0.1) is 38.3 Å². The number of methoxy groups -OCH3 is 2. The smallest absolute Gasteiger partial charge is 0.240 e. The van der Waals surface area contributed by atoms with Crippen LogP contribution in [0.2, 0.25) is 0 Å². The lowest BCUT2D eigenvalue weighted by molar-refractivity contribution is 0.273. The van der Waals surface area contributed by atoms with Crippen molar-refractivity contribution in [1.82, 2.24) is 14.7 Å². The Kier molecular flexibility index (Phi) is 7.96. The molecule has 0 N–H and O–H groups in total. The van der Waals surface area contributed by atoms with Gasteiger partial charge in [-0.15, -0.1) is 17.5 Å². The molecule has 152 valence electrons. The summed E-state index contributed by atoms with van der Waals surface area (Å²) in [6.07, 6.45) is 0.962. The third kappa shape index (κ3) is 5.09. The Bertz CT molecular complexity index is 896. The SMILES string of the molecule is COc1ccc(Cn2nc(OCCCN(C)C)c3ccccc32)cc1OC.Cl. The molecular weight excluding hydrogens is 378 g/mol. The number of benzene rings is 2. The van der Waals surface area contributed by atoms with Gasteiger partial charge in [0.15, 0.2) is 11.5 Å². The zero-order valence-corrected chi connectivity index (χ0v) is 17.7. The third-order valence-corrected chi connectivity index (χ3v) is 4.39. The van der Waals surface area contributed by atoms with E-state index in [9.17, 15) is 0 Å². The first-order valence-corrected chi connectivity index (χ1v) is 9.06. The van der Waals surface area contributed by atoms with Crippen molar-refractivity contribution in [3.8, 4) is 17.4 Å². The zero-order valence-electron chi connectivity index (χ0n) is 16.8. The highest BCUT2D eigenvalue weighted by molar-refractivity contribution is 5.85. The van der Waals surface area contributed by atoms with E-state index in [1.807, 2.05) is 35.0 Å². The van der Waals surface area contributed by atoms with Crippen molar-refractivity contribution in [3.05, 3.63) is 48.0 Å². The second-order valence-electron chi connectivity index (χ2n) is 6.67. The molecule has 0 spiro atoms. The van der Waals surface area contributed by atoms with E-state index in [1.165, 1.54) is 0 Å². The van der Waals surface area contributed by atoms with E-state index >= 15 is 0 Å². The van der Waals surface area contributed by atoms with E-state index in [0.717, 1.165) is 35.2 Å². The predicted molar refractivity (Wildman–Crippen MR) is 114 cm³/mol. The maximum Gasteiger partial charge on any atom is 0.240 e. The lowest BCUT2D eigenvalue weighted by Gasteiger charge is -2.10. The van der Waals surface area contributed by atoms with Crippen molar-refractivity contribution in [2.45, 2.75) is 13.0 Å². The van der Waals surface area contributed by atoms with Crippen LogP contribution in [-0.4, -0.2) is 56.1 Å². The van der Waals surface area contributed by atoms with Crippen LogP contribution in [-0.2, 0) is 6.54 Å². The monoisotopic (exact) mass is 405 g/mol. The molecule has 0 saturated heterocycles. The lowest BCUT2D eigenvalue weighted by Crippen LogP contribution is -2.15. The molecule has 0 saturated carbocycles. The molecule has 0 aliphatic carbocycles. The number of halogens is 1. The van der Waals surface area contributed by atoms with E-state index in [-0.39, 0.29) is 12.4 Å². The Balaban J connectivity index is 0.00000280. The van der Waals surface area contributed by atoms with E-state index in [4.69, 9.17) is 19.3 Å². The summed E-state index contributed by atoms with van der Waals surface area (Å²) in [5, 5.41) is 5.74. The van der Waals surface area contributed by atoms with E-state index in [2.05, 4.69) is 31.1 Å². The minimum absolute atomic E-state index is 0. The van der Waals surface area contributed by atoms with Crippen molar-refractivity contribution >= 4 is 23.3 Å². The van der Waals surface area contributed by atoms with Crippen LogP contribution in [0.4, 0.5) is 0 Å². The van der Waals surface area contributed by atoms with Crippen molar-refractivity contribution in [2.24, 2.45) is 0 Å². The largest absolute Gasteiger partial charge is 0.493 e. The molecule has 3 aromatic rings. The van der Waals surface area contributed by atoms with Crippen molar-refractivity contribution in [2.75, 3.05) is 41.5 Å². The number of fused-ring (bicyclic) bond motifs is 1. The highest BCUT2D eigenvalue weighted by Gasteiger charge is 2.13. The van der Waals surface area contributed by atoms with Crippen molar-refractivity contribution < 1.29 is 14.2 Å². The standard InChI is InChI=1S/C21H27N3O3.ClH/c1-23(2)12-7-13-27-21-17-8-5-6-9-18(17)24(22-21)15-16-10-11-19(25-3)20(14-16)26-4;/h5-6,8-11,14H,7,12-13,15H2,1-4H3;1H. The van der Waals surface area contributed by atoms with Crippen LogP contribution in [0, 0.1) is 0 Å². The maximum atomic E-state index is 5.97. The van der Waals surface area contributed by atoms with Crippen LogP contribution in [0.1, 0.15) is 12.0 Å². The Morgan fingerprint density at radius 2 is 1.75 bits per heavy atom. The summed E-state index contributed by atoms with van der Waals surface area (Å²) in [5.74, 6) is 2.12. The first kappa shape index (κ1) is 21.9. The number of nitrogens with zero attached hydrogens (tertiary/aromatic N) is 3. The third-order valence-electron chi connectivity index (χ3n) is 4.39. The molecule has 1 heterocycles. The number of hydrogen-bond donors (Lipinski definition) is 0. The average Bonchev–Trinajstić information content (AvgIpc) is 3.02. The van der Waals surface area contributed by atoms with Crippen LogP contribution >= 0.6 is 12.4 Å². The van der Waals surface area contributed by atoms with Gasteiger partial charge < -0.3 is 19.1 Å². The fraction of sp³-hybridized carbons (Fsp3) is 0.381. The molecule has 3 rings (SSSR count). The molecule has 0 radical (unpaired) electrons. The first-order chi connectivity index (χ1) is 13.1. The number of para-hydroxylation sites is 1. The van der Waals surface area contributed by atoms with Gasteiger partial charge in [-0.1, -0.05) is 18.2 Å². The average molecular weight is 406 g/mol. The van der Waals surface area contributed by atoms with Gasteiger partial charge in [-0.25, -0.2) is 0 Å². The number of rotatable bonds is 9. The minimum atomic E-state index is 0. The number of ether oxygens (including phenoxy) is 3. The molecule has 0 amide bonds. The van der Waals surface area contributed by atoms with E-state index in [0.29, 0.717) is 24.8 Å². The van der Waals surface area contributed by atoms with Crippen LogP contribution < -0.4 is 14.2 Å². The van der Waals surface area contributed by atoms with Gasteiger partial charge in [-0.3, -0.25) is 4.68 Å². The predicted octanol–water partition coefficient (Wildman–Crippen LogP) is 3.85. The molecule has 0 aliphatic rings. The Morgan fingerprint density at radius 1 is 1.00 bits per heavy atom. The Hall–Kier alpha value is -2.44. The minimum Gasteiger partial charge on any atom is -0.493 e. The van der Waals surface area contributed by atoms with Gasteiger partial charge in [-0.05, 0) is 50.3 Å². The van der Waals surface area contributed by atoms with E-state index < -0.39 is 0 Å². The summed E-state index contributed by atoms with van der Waals surface area (Å²) in [6, 6.07) is 14.1. The second-order valence-corrected chi connectivity index (χ2v) is 6.67. The molecule has 2 aromatic carbocycles. The highest BCUT2D eigenvalue weighted by atomic mass is 35.5. The van der Waals surface area contributed by atoms with Gasteiger partial charge in [0, 0.05) is 6.54 Å². The van der Waals surface area contributed by atoms with Gasteiger partial charge in [0.1, 0.15) is 0 Å². The summed E-state index contributed by atoms with van der Waals surface area (Å²) in [7, 11) is 7.41. The van der Waals surface area contributed by atoms with Crippen LogP contribution in [0.15, 0.2) is 42.5 Å². The summed E-state index contributed by atoms with van der Waals surface area (Å²) in [5.41, 5.74) is 2.13. The highest BCUT2D eigenvalue weighted by Crippen LogP contribution is 2.29. The summed E-state index contributed by atoms with van der Waals surface area (Å²) < 4.78 is 18.7. The fourth-order valence-electron chi connectivity index (χ4n) is 3.03. The van der Waals surface area contributed by atoms with Gasteiger partial charge in [-0.2, -0.15) is 0 Å². The van der Waals surface area contributed by atoms with Gasteiger partial charge >= 0.3 is 0 Å². The molecular formula is C21H28ClN3O3. The first-order valence-electron chi connectivity index (χ1n) is 9.06. The van der Waals surface area contributed by atoms with Crippen LogP contribution in [0.5, 0.6) is 17.4 Å². The molecule has 6 nitrogen and oxygen atoms in total. The normalized spacial score (nSPS) is 10.8. The van der Waals surface area contributed by atoms with E-state index in [1.54, 1.807) is 14.2 Å². The maximum absolute atomic E-state index is 5.97. The molecule has 0 fully saturated rings. The fourth-order valence-corrected chi connectivity index (χ4v) is 3.03. The quantitative estimate of drug-likeness (QED) is 0.506. The Morgan fingerprint density at radius 3 is 2.46 bits per heavy atom. The second kappa shape index (κ2) is 10.2. The molecule has 0 aliphatic heterocycles. The summed E-state index contributed by atoms with van der Waals surface area (Å²) >= 11 is 0. The number of hydrogen-bond acceptors (Lipinski definition) is 5. The van der Waals surface area contributed by atoms with Crippen LogP contribution in [0.25, 0.3) is 10.9 Å². The molecule has 7 heteroatoms. The van der Waals surface area contributed by atoms with Crippen LogP contribution in [0.3, 0.4) is 0 Å². The number of aromatic nitrogens is 2. The van der Waals surface area contributed by atoms with Gasteiger partial charge in [0.2, 0.25) is 5.88 Å². The topological polar surface area (TPSA) is 48.8 Å². The van der Waals surface area contributed by atoms with Gasteiger partial charge in [0.25, 0.3) is 0 Å².